The lowest BCUT2D eigenvalue weighted by Gasteiger charge is -2.03. The molecule has 0 aliphatic heterocycles. The van der Waals surface area contributed by atoms with Crippen molar-refractivity contribution in [1.82, 2.24) is 9.97 Å². The van der Waals surface area contributed by atoms with Gasteiger partial charge in [-0.2, -0.15) is 5.26 Å². The summed E-state index contributed by atoms with van der Waals surface area (Å²) in [6.45, 7) is 1.89. The number of aryl methyl sites for hydroxylation is 1. The van der Waals surface area contributed by atoms with E-state index in [1.165, 1.54) is 0 Å². The van der Waals surface area contributed by atoms with Crippen LogP contribution in [-0.4, -0.2) is 9.97 Å². The summed E-state index contributed by atoms with van der Waals surface area (Å²) in [5.74, 6) is 0. The van der Waals surface area contributed by atoms with Crippen LogP contribution in [0, 0.1) is 18.3 Å². The summed E-state index contributed by atoms with van der Waals surface area (Å²) >= 11 is 5.72. The average Bonchev–Trinajstić information content (AvgIpc) is 2.29. The fraction of sp³-hybridized carbons (Fsp3) is 0.0833. The molecule has 0 bridgehead atoms. The van der Waals surface area contributed by atoms with Gasteiger partial charge in [-0.3, -0.25) is 0 Å². The number of benzene rings is 1. The van der Waals surface area contributed by atoms with Crippen molar-refractivity contribution in [1.29, 1.82) is 5.26 Å². The smallest absolute Gasteiger partial charge is 0.222 e. The van der Waals surface area contributed by atoms with Gasteiger partial charge in [-0.15, -0.1) is 0 Å². The Kier molecular flexibility index (Phi) is 2.84. The van der Waals surface area contributed by atoms with E-state index < -0.39 is 0 Å². The van der Waals surface area contributed by atoms with E-state index in [9.17, 15) is 0 Å². The van der Waals surface area contributed by atoms with Crippen LogP contribution in [0.15, 0.2) is 30.5 Å². The van der Waals surface area contributed by atoms with Crippen molar-refractivity contribution in [2.45, 2.75) is 6.92 Å². The quantitative estimate of drug-likeness (QED) is 0.707. The van der Waals surface area contributed by atoms with Gasteiger partial charge in [0.2, 0.25) is 5.28 Å². The highest BCUT2D eigenvalue weighted by Crippen LogP contribution is 2.20. The zero-order valence-electron chi connectivity index (χ0n) is 8.61. The molecule has 16 heavy (non-hydrogen) atoms. The molecule has 0 fully saturated rings. The van der Waals surface area contributed by atoms with Crippen molar-refractivity contribution >= 4 is 11.6 Å². The summed E-state index contributed by atoms with van der Waals surface area (Å²) in [7, 11) is 0. The second-order valence-electron chi connectivity index (χ2n) is 3.35. The third-order valence-corrected chi connectivity index (χ3v) is 2.45. The molecule has 78 valence electrons. The van der Waals surface area contributed by atoms with Gasteiger partial charge in [-0.25, -0.2) is 9.97 Å². The zero-order valence-corrected chi connectivity index (χ0v) is 9.36. The Balaban J connectivity index is 2.50. The minimum atomic E-state index is 0.222. The van der Waals surface area contributed by atoms with Crippen molar-refractivity contribution in [2.75, 3.05) is 0 Å². The Morgan fingerprint density at radius 2 is 2.12 bits per heavy atom. The van der Waals surface area contributed by atoms with E-state index in [2.05, 4.69) is 16.0 Å². The molecule has 0 amide bonds. The molecule has 3 nitrogen and oxygen atoms in total. The van der Waals surface area contributed by atoms with Gasteiger partial charge in [0.05, 0.1) is 17.3 Å². The molecule has 2 rings (SSSR count). The summed E-state index contributed by atoms with van der Waals surface area (Å²) in [6, 6.07) is 9.45. The van der Waals surface area contributed by atoms with E-state index >= 15 is 0 Å². The van der Waals surface area contributed by atoms with E-state index in [1.807, 2.05) is 19.1 Å². The van der Waals surface area contributed by atoms with Crippen LogP contribution in [0.2, 0.25) is 5.28 Å². The van der Waals surface area contributed by atoms with Crippen LogP contribution >= 0.6 is 11.6 Å². The summed E-state index contributed by atoms with van der Waals surface area (Å²) in [4.78, 5) is 7.93. The van der Waals surface area contributed by atoms with Crippen LogP contribution in [0.3, 0.4) is 0 Å². The number of hydrogen-bond donors (Lipinski definition) is 0. The molecule has 0 atom stereocenters. The van der Waals surface area contributed by atoms with Crippen LogP contribution in [-0.2, 0) is 0 Å². The van der Waals surface area contributed by atoms with E-state index in [4.69, 9.17) is 16.9 Å². The maximum atomic E-state index is 8.83. The molecule has 0 spiro atoms. The standard InChI is InChI=1S/C12H8ClN3/c1-8-6-9(2-3-10(8)7-14)11-4-5-15-12(13)16-11/h2-6H,1H3. The van der Waals surface area contributed by atoms with E-state index in [0.29, 0.717) is 5.56 Å². The Morgan fingerprint density at radius 3 is 2.75 bits per heavy atom. The molecular formula is C12H8ClN3. The lowest BCUT2D eigenvalue weighted by molar-refractivity contribution is 1.17. The first-order valence-electron chi connectivity index (χ1n) is 4.70. The first-order chi connectivity index (χ1) is 7.70. The first-order valence-corrected chi connectivity index (χ1v) is 5.08. The van der Waals surface area contributed by atoms with E-state index in [-0.39, 0.29) is 5.28 Å². The molecule has 0 saturated carbocycles. The molecule has 0 aliphatic rings. The minimum Gasteiger partial charge on any atom is -0.226 e. The number of aromatic nitrogens is 2. The summed E-state index contributed by atoms with van der Waals surface area (Å²) in [6.07, 6.45) is 1.61. The Bertz CT molecular complexity index is 573. The molecule has 1 aromatic heterocycles. The highest BCUT2D eigenvalue weighted by molar-refractivity contribution is 6.28. The van der Waals surface area contributed by atoms with E-state index in [0.717, 1.165) is 16.8 Å². The highest BCUT2D eigenvalue weighted by atomic mass is 35.5. The average molecular weight is 230 g/mol. The molecule has 0 N–H and O–H groups in total. The number of hydrogen-bond acceptors (Lipinski definition) is 3. The van der Waals surface area contributed by atoms with Gasteiger partial charge in [0, 0.05) is 11.8 Å². The molecule has 0 saturated heterocycles. The van der Waals surface area contributed by atoms with Gasteiger partial charge in [0.1, 0.15) is 0 Å². The fourth-order valence-electron chi connectivity index (χ4n) is 1.44. The second-order valence-corrected chi connectivity index (χ2v) is 3.69. The van der Waals surface area contributed by atoms with E-state index in [1.54, 1.807) is 18.3 Å². The first kappa shape index (κ1) is 10.6. The van der Waals surface area contributed by atoms with Gasteiger partial charge in [0.15, 0.2) is 0 Å². The second kappa shape index (κ2) is 4.30. The van der Waals surface area contributed by atoms with Crippen LogP contribution in [0.5, 0.6) is 0 Å². The van der Waals surface area contributed by atoms with Gasteiger partial charge in [-0.05, 0) is 42.3 Å². The maximum absolute atomic E-state index is 8.83. The molecule has 1 aromatic carbocycles. The number of nitrogens with zero attached hydrogens (tertiary/aromatic N) is 3. The monoisotopic (exact) mass is 229 g/mol. The Labute approximate surface area is 98.4 Å². The van der Waals surface area contributed by atoms with Crippen molar-refractivity contribution in [3.63, 3.8) is 0 Å². The maximum Gasteiger partial charge on any atom is 0.222 e. The Hall–Kier alpha value is -1.92. The Morgan fingerprint density at radius 1 is 1.31 bits per heavy atom. The third-order valence-electron chi connectivity index (χ3n) is 2.27. The molecule has 0 aliphatic carbocycles. The fourth-order valence-corrected chi connectivity index (χ4v) is 1.59. The van der Waals surface area contributed by atoms with Gasteiger partial charge >= 0.3 is 0 Å². The molecule has 1 heterocycles. The number of rotatable bonds is 1. The van der Waals surface area contributed by atoms with Crippen LogP contribution in [0.25, 0.3) is 11.3 Å². The van der Waals surface area contributed by atoms with Crippen molar-refractivity contribution in [3.05, 3.63) is 46.9 Å². The van der Waals surface area contributed by atoms with Gasteiger partial charge < -0.3 is 0 Å². The van der Waals surface area contributed by atoms with Crippen molar-refractivity contribution < 1.29 is 0 Å². The predicted octanol–water partition coefficient (Wildman–Crippen LogP) is 2.98. The zero-order chi connectivity index (χ0) is 11.5. The normalized spacial score (nSPS) is 9.81. The van der Waals surface area contributed by atoms with Gasteiger partial charge in [0.25, 0.3) is 0 Å². The lowest BCUT2D eigenvalue weighted by atomic mass is 10.0. The summed E-state index contributed by atoms with van der Waals surface area (Å²) in [5, 5.41) is 9.05. The number of halogens is 1. The van der Waals surface area contributed by atoms with Crippen LogP contribution in [0.4, 0.5) is 0 Å². The van der Waals surface area contributed by atoms with Crippen molar-refractivity contribution in [2.24, 2.45) is 0 Å². The third kappa shape index (κ3) is 2.02. The van der Waals surface area contributed by atoms with Crippen molar-refractivity contribution in [3.8, 4) is 17.3 Å². The SMILES string of the molecule is Cc1cc(-c2ccnc(Cl)n2)ccc1C#N. The van der Waals surface area contributed by atoms with Crippen LogP contribution < -0.4 is 0 Å². The molecular weight excluding hydrogens is 222 g/mol. The lowest BCUT2D eigenvalue weighted by Crippen LogP contribution is -1.89. The molecule has 4 heteroatoms. The number of nitriles is 1. The van der Waals surface area contributed by atoms with Crippen LogP contribution in [0.1, 0.15) is 11.1 Å². The topological polar surface area (TPSA) is 49.6 Å². The van der Waals surface area contributed by atoms with Gasteiger partial charge in [-0.1, -0.05) is 6.07 Å². The molecule has 0 radical (unpaired) electrons. The highest BCUT2D eigenvalue weighted by Gasteiger charge is 2.03. The summed E-state index contributed by atoms with van der Waals surface area (Å²) < 4.78 is 0. The predicted molar refractivity (Wildman–Crippen MR) is 61.9 cm³/mol. The molecule has 2 aromatic rings. The molecule has 0 unspecified atom stereocenters. The largest absolute Gasteiger partial charge is 0.226 e. The minimum absolute atomic E-state index is 0.222. The summed E-state index contributed by atoms with van der Waals surface area (Å²) in [5.41, 5.74) is 3.28.